The first-order valence-corrected chi connectivity index (χ1v) is 7.15. The van der Waals surface area contributed by atoms with Crippen LogP contribution in [0.2, 0.25) is 0 Å². The first kappa shape index (κ1) is 20.3. The fourth-order valence-corrected chi connectivity index (χ4v) is 2.29. The van der Waals surface area contributed by atoms with E-state index in [1.165, 1.54) is 6.07 Å². The fourth-order valence-electron chi connectivity index (χ4n) is 2.29. The van der Waals surface area contributed by atoms with Crippen molar-refractivity contribution in [3.63, 3.8) is 0 Å². The van der Waals surface area contributed by atoms with Gasteiger partial charge in [-0.1, -0.05) is 30.3 Å². The smallest absolute Gasteiger partial charge is 0.373 e. The summed E-state index contributed by atoms with van der Waals surface area (Å²) in [7, 11) is 0. The first-order chi connectivity index (χ1) is 12.4. The van der Waals surface area contributed by atoms with Crippen molar-refractivity contribution < 1.29 is 46.1 Å². The Kier molecular flexibility index (Phi) is 5.21. The van der Waals surface area contributed by atoms with Crippen molar-refractivity contribution in [3.05, 3.63) is 59.2 Å². The number of carbonyl (C=O) groups is 2. The number of benzene rings is 2. The molecule has 0 unspecified atom stereocenters. The Balaban J connectivity index is 2.45. The van der Waals surface area contributed by atoms with E-state index in [0.29, 0.717) is 12.1 Å². The number of carboxylic acid groups (broad SMARTS) is 2. The minimum absolute atomic E-state index is 0.0920. The number of carboxylic acids is 2. The summed E-state index contributed by atoms with van der Waals surface area (Å²) < 4.78 is 77.9. The topological polar surface area (TPSA) is 74.6 Å². The normalized spacial score (nSPS) is 12.3. The van der Waals surface area contributed by atoms with Crippen LogP contribution in [0.25, 0.3) is 11.1 Å². The minimum atomic E-state index is -5.58. The monoisotopic (exact) mass is 392 g/mol. The molecule has 0 aliphatic carbocycles. The molecule has 2 aromatic carbocycles. The molecule has 27 heavy (non-hydrogen) atoms. The third kappa shape index (κ3) is 3.60. The molecule has 10 heteroatoms. The summed E-state index contributed by atoms with van der Waals surface area (Å²) in [5.41, 5.74) is -2.23. The second-order valence-corrected chi connectivity index (χ2v) is 5.45. The maximum atomic E-state index is 13.7. The summed E-state index contributed by atoms with van der Waals surface area (Å²) in [5.74, 6) is -13.7. The van der Waals surface area contributed by atoms with Gasteiger partial charge in [-0.3, -0.25) is 0 Å². The molecule has 0 aromatic heterocycles. The molecule has 0 bridgehead atoms. The van der Waals surface area contributed by atoms with Crippen molar-refractivity contribution in [1.82, 2.24) is 0 Å². The predicted molar refractivity (Wildman–Crippen MR) is 80.6 cm³/mol. The Hall–Kier alpha value is -3.04. The molecule has 144 valence electrons. The summed E-state index contributed by atoms with van der Waals surface area (Å²) >= 11 is 0. The Morgan fingerprint density at radius 2 is 1.26 bits per heavy atom. The summed E-state index contributed by atoms with van der Waals surface area (Å²) in [6.07, 6.45) is -4.58. The molecule has 0 saturated heterocycles. The van der Waals surface area contributed by atoms with Crippen LogP contribution in [0.15, 0.2) is 42.5 Å². The minimum Gasteiger partial charge on any atom is -0.478 e. The predicted octanol–water partition coefficient (Wildman–Crippen LogP) is 4.74. The zero-order valence-electron chi connectivity index (χ0n) is 13.1. The Bertz CT molecular complexity index is 877. The number of halogens is 6. The third-order valence-corrected chi connectivity index (χ3v) is 3.75. The number of rotatable bonds is 6. The maximum absolute atomic E-state index is 13.7. The molecule has 2 rings (SSSR count). The Morgan fingerprint density at radius 1 is 0.778 bits per heavy atom. The lowest BCUT2D eigenvalue weighted by molar-refractivity contribution is -0.270. The molecular formula is C17H10F6O4. The van der Waals surface area contributed by atoms with Gasteiger partial charge in [0.25, 0.3) is 0 Å². The van der Waals surface area contributed by atoms with Crippen molar-refractivity contribution in [3.8, 4) is 11.1 Å². The molecule has 2 aromatic rings. The molecule has 4 nitrogen and oxygen atoms in total. The highest BCUT2D eigenvalue weighted by Crippen LogP contribution is 2.46. The average Bonchev–Trinajstić information content (AvgIpc) is 2.60. The second kappa shape index (κ2) is 6.93. The highest BCUT2D eigenvalue weighted by Gasteiger charge is 2.63. The van der Waals surface area contributed by atoms with Gasteiger partial charge in [0, 0.05) is 5.56 Å². The van der Waals surface area contributed by atoms with Crippen LogP contribution in [0.4, 0.5) is 26.3 Å². The Labute approximate surface area is 147 Å². The van der Waals surface area contributed by atoms with Crippen LogP contribution in [0.5, 0.6) is 0 Å². The molecule has 2 N–H and O–H groups in total. The van der Waals surface area contributed by atoms with E-state index in [-0.39, 0.29) is 11.1 Å². The molecule has 0 heterocycles. The summed E-state index contributed by atoms with van der Waals surface area (Å²) in [5, 5.41) is 18.0. The van der Waals surface area contributed by atoms with Gasteiger partial charge in [0.1, 0.15) is 0 Å². The van der Waals surface area contributed by atoms with Crippen LogP contribution in [0, 0.1) is 0 Å². The van der Waals surface area contributed by atoms with Gasteiger partial charge in [-0.25, -0.2) is 18.4 Å². The van der Waals surface area contributed by atoms with E-state index >= 15 is 0 Å². The number of alkyl halides is 6. The molecular weight excluding hydrogens is 382 g/mol. The van der Waals surface area contributed by atoms with Crippen molar-refractivity contribution >= 4 is 11.9 Å². The van der Waals surface area contributed by atoms with Gasteiger partial charge in [0.05, 0.1) is 11.1 Å². The zero-order chi connectivity index (χ0) is 20.6. The maximum Gasteiger partial charge on any atom is 0.373 e. The van der Waals surface area contributed by atoms with Gasteiger partial charge >= 0.3 is 30.2 Å². The second-order valence-electron chi connectivity index (χ2n) is 5.45. The summed E-state index contributed by atoms with van der Waals surface area (Å²) in [6, 6.07) is 5.98. The fraction of sp³-hybridized carbons (Fsp3) is 0.176. The van der Waals surface area contributed by atoms with E-state index in [0.717, 1.165) is 24.3 Å². The lowest BCUT2D eigenvalue weighted by Gasteiger charge is -2.26. The molecule has 0 aliphatic rings. The van der Waals surface area contributed by atoms with Crippen LogP contribution >= 0.6 is 0 Å². The number of aromatic carboxylic acids is 2. The molecule has 0 spiro atoms. The van der Waals surface area contributed by atoms with E-state index in [4.69, 9.17) is 10.2 Å². The van der Waals surface area contributed by atoms with Gasteiger partial charge in [-0.05, 0) is 23.3 Å². The van der Waals surface area contributed by atoms with Gasteiger partial charge in [0.15, 0.2) is 0 Å². The highest BCUT2D eigenvalue weighted by molar-refractivity contribution is 6.02. The SMILES string of the molecule is O=C(O)c1ccc(-c2ccc(C(F)(F)C(F)(F)C(F)F)cc2)cc1C(=O)O. The van der Waals surface area contributed by atoms with Gasteiger partial charge in [0.2, 0.25) is 0 Å². The number of hydrogen-bond acceptors (Lipinski definition) is 2. The molecule has 0 aliphatic heterocycles. The molecule has 0 fully saturated rings. The first-order valence-electron chi connectivity index (χ1n) is 7.15. The van der Waals surface area contributed by atoms with Crippen molar-refractivity contribution in [2.45, 2.75) is 18.3 Å². The van der Waals surface area contributed by atoms with Crippen LogP contribution in [-0.4, -0.2) is 34.5 Å². The van der Waals surface area contributed by atoms with Crippen LogP contribution in [0.3, 0.4) is 0 Å². The molecule has 0 radical (unpaired) electrons. The quantitative estimate of drug-likeness (QED) is 0.697. The largest absolute Gasteiger partial charge is 0.478 e. The van der Waals surface area contributed by atoms with Crippen LogP contribution < -0.4 is 0 Å². The summed E-state index contributed by atoms with van der Waals surface area (Å²) in [4.78, 5) is 22.2. The summed E-state index contributed by atoms with van der Waals surface area (Å²) in [6.45, 7) is 0. The van der Waals surface area contributed by atoms with Crippen LogP contribution in [-0.2, 0) is 5.92 Å². The molecule has 0 atom stereocenters. The third-order valence-electron chi connectivity index (χ3n) is 3.75. The van der Waals surface area contributed by atoms with E-state index in [2.05, 4.69) is 0 Å². The van der Waals surface area contributed by atoms with Gasteiger partial charge in [-0.2, -0.15) is 17.6 Å². The zero-order valence-corrected chi connectivity index (χ0v) is 13.1. The van der Waals surface area contributed by atoms with E-state index in [1.807, 2.05) is 0 Å². The van der Waals surface area contributed by atoms with Crippen molar-refractivity contribution in [1.29, 1.82) is 0 Å². The van der Waals surface area contributed by atoms with Crippen LogP contribution in [0.1, 0.15) is 26.3 Å². The van der Waals surface area contributed by atoms with Crippen molar-refractivity contribution in [2.75, 3.05) is 0 Å². The highest BCUT2D eigenvalue weighted by atomic mass is 19.3. The van der Waals surface area contributed by atoms with E-state index in [1.54, 1.807) is 0 Å². The van der Waals surface area contributed by atoms with E-state index < -0.39 is 46.9 Å². The lowest BCUT2D eigenvalue weighted by atomic mass is 9.96. The Morgan fingerprint density at radius 3 is 1.70 bits per heavy atom. The number of hydrogen-bond donors (Lipinski definition) is 2. The van der Waals surface area contributed by atoms with Gasteiger partial charge < -0.3 is 10.2 Å². The standard InChI is InChI=1S/C17H10F6O4/c18-15(19)17(22,23)16(20,21)10-4-1-8(2-5-10)9-3-6-11(13(24)25)12(7-9)14(26)27/h1-7,15H,(H,24,25)(H,26,27). The van der Waals surface area contributed by atoms with Gasteiger partial charge in [-0.15, -0.1) is 0 Å². The lowest BCUT2D eigenvalue weighted by Crippen LogP contribution is -2.44. The van der Waals surface area contributed by atoms with E-state index in [9.17, 15) is 35.9 Å². The average molecular weight is 392 g/mol. The molecule has 0 saturated carbocycles. The van der Waals surface area contributed by atoms with Crippen molar-refractivity contribution in [2.24, 2.45) is 0 Å². The molecule has 0 amide bonds.